The second-order valence-corrected chi connectivity index (χ2v) is 4.51. The fourth-order valence-corrected chi connectivity index (χ4v) is 2.05. The van der Waals surface area contributed by atoms with E-state index in [0.29, 0.717) is 5.96 Å². The van der Waals surface area contributed by atoms with Gasteiger partial charge in [-0.1, -0.05) is 0 Å². The topological polar surface area (TPSA) is 69.4 Å². The second-order valence-electron chi connectivity index (χ2n) is 4.51. The van der Waals surface area contributed by atoms with E-state index in [1.807, 2.05) is 46.9 Å². The van der Waals surface area contributed by atoms with Gasteiger partial charge in [-0.25, -0.2) is 9.89 Å². The molecule has 0 bridgehead atoms. The van der Waals surface area contributed by atoms with Crippen LogP contribution >= 0.6 is 0 Å². The first-order valence-corrected chi connectivity index (χ1v) is 5.54. The van der Waals surface area contributed by atoms with E-state index >= 15 is 0 Å². The van der Waals surface area contributed by atoms with Crippen molar-refractivity contribution in [2.24, 2.45) is 10.7 Å². The van der Waals surface area contributed by atoms with Crippen molar-refractivity contribution in [3.05, 3.63) is 0 Å². The van der Waals surface area contributed by atoms with Crippen LogP contribution in [0.1, 0.15) is 13.8 Å². The molecule has 2 atom stereocenters. The highest BCUT2D eigenvalue weighted by Crippen LogP contribution is 2.31. The predicted octanol–water partition coefficient (Wildman–Crippen LogP) is -0.762. The van der Waals surface area contributed by atoms with Crippen LogP contribution in [-0.2, 0) is 4.84 Å². The number of hydrogen-bond acceptors (Lipinski definition) is 7. The maximum atomic E-state index is 5.99. The van der Waals surface area contributed by atoms with E-state index in [9.17, 15) is 0 Å². The molecular formula is C10H24N6O. The van der Waals surface area contributed by atoms with Crippen LogP contribution in [0.4, 0.5) is 0 Å². The van der Waals surface area contributed by atoms with E-state index in [-0.39, 0.29) is 0 Å². The summed E-state index contributed by atoms with van der Waals surface area (Å²) in [6.07, 6.45) is 0. The van der Waals surface area contributed by atoms with Crippen LogP contribution in [0.25, 0.3) is 0 Å². The molecule has 100 valence electrons. The third-order valence-corrected chi connectivity index (χ3v) is 3.94. The Balaban J connectivity index is 3.28. The summed E-state index contributed by atoms with van der Waals surface area (Å²) in [7, 11) is 9.21. The summed E-state index contributed by atoms with van der Waals surface area (Å²) in [6.45, 7) is 3.99. The van der Waals surface area contributed by atoms with Crippen molar-refractivity contribution in [1.82, 2.24) is 20.2 Å². The number of nitrogens with one attached hydrogen (secondary N) is 1. The fourth-order valence-electron chi connectivity index (χ4n) is 2.05. The molecule has 0 aromatic rings. The van der Waals surface area contributed by atoms with Crippen LogP contribution in [-0.4, -0.2) is 67.7 Å². The fraction of sp³-hybridized carbons (Fsp3) is 0.900. The quantitative estimate of drug-likeness (QED) is 0.636. The molecule has 0 saturated carbocycles. The maximum Gasteiger partial charge on any atom is 0.196 e. The molecule has 0 amide bonds. The zero-order valence-electron chi connectivity index (χ0n) is 11.8. The lowest BCUT2D eigenvalue weighted by molar-refractivity contribution is -0.286. The Bertz CT molecular complexity index is 322. The molecule has 0 fully saturated rings. The summed E-state index contributed by atoms with van der Waals surface area (Å²) >= 11 is 0. The number of guanidine groups is 1. The van der Waals surface area contributed by atoms with Gasteiger partial charge in [0.15, 0.2) is 17.5 Å². The van der Waals surface area contributed by atoms with E-state index in [0.717, 1.165) is 0 Å². The highest BCUT2D eigenvalue weighted by atomic mass is 16.7. The van der Waals surface area contributed by atoms with Crippen molar-refractivity contribution in [2.45, 2.75) is 25.4 Å². The van der Waals surface area contributed by atoms with Crippen molar-refractivity contribution < 1.29 is 4.84 Å². The Morgan fingerprint density at radius 3 is 2.35 bits per heavy atom. The Labute approximate surface area is 103 Å². The van der Waals surface area contributed by atoms with Crippen LogP contribution < -0.4 is 11.1 Å². The molecule has 0 radical (unpaired) electrons. The number of hydroxylamine groups is 2. The van der Waals surface area contributed by atoms with Gasteiger partial charge < -0.3 is 10.6 Å². The predicted molar refractivity (Wildman–Crippen MR) is 67.8 cm³/mol. The van der Waals surface area contributed by atoms with Crippen LogP contribution in [0, 0.1) is 0 Å². The molecular weight excluding hydrogens is 220 g/mol. The molecule has 0 saturated heterocycles. The minimum atomic E-state index is -0.571. The molecule has 1 aliphatic heterocycles. The largest absolute Gasteiger partial charge is 0.370 e. The summed E-state index contributed by atoms with van der Waals surface area (Å²) in [5.74, 6) is -0.637. The first kappa shape index (κ1) is 14.2. The average Bonchev–Trinajstić information content (AvgIpc) is 2.32. The summed E-state index contributed by atoms with van der Waals surface area (Å²) in [5, 5.41) is 4.90. The Morgan fingerprint density at radius 1 is 1.41 bits per heavy atom. The highest BCUT2D eigenvalue weighted by molar-refractivity contribution is 5.79. The summed E-state index contributed by atoms with van der Waals surface area (Å²) in [4.78, 5) is 13.7. The third-order valence-electron chi connectivity index (χ3n) is 3.94. The molecule has 17 heavy (non-hydrogen) atoms. The van der Waals surface area contributed by atoms with Gasteiger partial charge in [0.05, 0.1) is 7.11 Å². The smallest absolute Gasteiger partial charge is 0.196 e. The van der Waals surface area contributed by atoms with Crippen molar-refractivity contribution >= 4 is 5.96 Å². The lowest BCUT2D eigenvalue weighted by atomic mass is 10.2. The minimum Gasteiger partial charge on any atom is -0.370 e. The summed E-state index contributed by atoms with van der Waals surface area (Å²) < 4.78 is 0. The van der Waals surface area contributed by atoms with Crippen molar-refractivity contribution in [1.29, 1.82) is 0 Å². The number of rotatable bonds is 3. The molecule has 0 spiro atoms. The maximum absolute atomic E-state index is 5.99. The summed E-state index contributed by atoms with van der Waals surface area (Å²) in [5.41, 5.74) is 5.99. The molecule has 1 heterocycles. The number of aliphatic imine (C=N–C) groups is 1. The normalized spacial score (nSPS) is 35.3. The Hall–Kier alpha value is -0.890. The van der Waals surface area contributed by atoms with Gasteiger partial charge in [-0.2, -0.15) is 5.06 Å². The minimum absolute atomic E-state index is 0.464. The lowest BCUT2D eigenvalue weighted by Gasteiger charge is -2.57. The van der Waals surface area contributed by atoms with Crippen LogP contribution in [0.15, 0.2) is 4.99 Å². The molecule has 1 aliphatic rings. The van der Waals surface area contributed by atoms with Gasteiger partial charge in [-0.15, -0.1) is 0 Å². The number of nitrogens with zero attached hydrogens (tertiary/aromatic N) is 4. The van der Waals surface area contributed by atoms with Gasteiger partial charge in [0, 0.05) is 14.1 Å². The zero-order chi connectivity index (χ0) is 13.4. The van der Waals surface area contributed by atoms with Crippen LogP contribution in [0.5, 0.6) is 0 Å². The first-order valence-electron chi connectivity index (χ1n) is 5.54. The van der Waals surface area contributed by atoms with Crippen LogP contribution in [0.2, 0.25) is 0 Å². The zero-order valence-corrected chi connectivity index (χ0v) is 11.8. The van der Waals surface area contributed by atoms with Gasteiger partial charge in [-0.05, 0) is 27.9 Å². The van der Waals surface area contributed by atoms with Crippen molar-refractivity contribution in [2.75, 3.05) is 35.3 Å². The van der Waals surface area contributed by atoms with E-state index in [1.54, 1.807) is 12.2 Å². The Morgan fingerprint density at radius 2 is 1.94 bits per heavy atom. The molecule has 0 aromatic carbocycles. The van der Waals surface area contributed by atoms with Gasteiger partial charge in [0.2, 0.25) is 0 Å². The molecule has 7 nitrogen and oxygen atoms in total. The molecule has 0 aliphatic carbocycles. The molecule has 3 N–H and O–H groups in total. The molecule has 7 heteroatoms. The second kappa shape index (κ2) is 4.41. The van der Waals surface area contributed by atoms with Gasteiger partial charge >= 0.3 is 0 Å². The third kappa shape index (κ3) is 1.89. The van der Waals surface area contributed by atoms with Gasteiger partial charge in [0.25, 0.3) is 0 Å². The van der Waals surface area contributed by atoms with Gasteiger partial charge in [0.1, 0.15) is 0 Å². The van der Waals surface area contributed by atoms with E-state index in [4.69, 9.17) is 10.6 Å². The molecule has 1 rings (SSSR count). The highest BCUT2D eigenvalue weighted by Gasteiger charge is 2.50. The number of nitrogens with two attached hydrogens (primary N) is 1. The number of hydrogen-bond donors (Lipinski definition) is 2. The van der Waals surface area contributed by atoms with E-state index in [1.165, 1.54) is 0 Å². The van der Waals surface area contributed by atoms with Crippen molar-refractivity contribution in [3.8, 4) is 0 Å². The van der Waals surface area contributed by atoms with E-state index < -0.39 is 11.6 Å². The summed E-state index contributed by atoms with van der Waals surface area (Å²) in [6, 6.07) is 0. The Kier molecular flexibility index (Phi) is 3.68. The van der Waals surface area contributed by atoms with Crippen molar-refractivity contribution in [3.63, 3.8) is 0 Å². The monoisotopic (exact) mass is 244 g/mol. The first-order chi connectivity index (χ1) is 7.74. The SMILES string of the molecule is CNC1(C)N=C(N)N(C)C(C)(N(C)OC)N1C. The lowest BCUT2D eigenvalue weighted by Crippen LogP contribution is -2.77. The average molecular weight is 244 g/mol. The van der Waals surface area contributed by atoms with Gasteiger partial charge in [-0.3, -0.25) is 10.2 Å². The van der Waals surface area contributed by atoms with Crippen LogP contribution in [0.3, 0.4) is 0 Å². The standard InChI is InChI=1S/C10H24N6O/c1-9(12-3)13-8(11)14(4)10(2,15(9)5)16(6)17-7/h12H,1-7H3,(H2,11,13). The molecule has 0 aromatic heterocycles. The molecule has 2 unspecified atom stereocenters. The van der Waals surface area contributed by atoms with E-state index in [2.05, 4.69) is 15.2 Å².